The lowest BCUT2D eigenvalue weighted by Crippen LogP contribution is -2.46. The van der Waals surface area contributed by atoms with Gasteiger partial charge in [0.2, 0.25) is 0 Å². The summed E-state index contributed by atoms with van der Waals surface area (Å²) in [6.45, 7) is 8.74. The van der Waals surface area contributed by atoms with Crippen LogP contribution in [-0.4, -0.2) is 36.5 Å². The molecule has 20 heavy (non-hydrogen) atoms. The predicted octanol–water partition coefficient (Wildman–Crippen LogP) is 6.16. The van der Waals surface area contributed by atoms with E-state index in [2.05, 4.69) is 36.8 Å². The van der Waals surface area contributed by atoms with Crippen LogP contribution in [0, 0.1) is 0 Å². The molecule has 0 radical (unpaired) electrons. The molecule has 0 aliphatic heterocycles. The van der Waals surface area contributed by atoms with Crippen LogP contribution in [0.4, 0.5) is 0 Å². The molecule has 0 fully saturated rings. The Morgan fingerprint density at radius 3 is 1.40 bits per heavy atom. The van der Waals surface area contributed by atoms with Gasteiger partial charge in [-0.15, -0.1) is 0 Å². The summed E-state index contributed by atoms with van der Waals surface area (Å²) in [6.07, 6.45) is 15.5. The van der Waals surface area contributed by atoms with Crippen molar-refractivity contribution in [1.29, 1.82) is 0 Å². The van der Waals surface area contributed by atoms with Gasteiger partial charge in [0.1, 0.15) is 0 Å². The molecule has 0 aliphatic carbocycles. The largest absolute Gasteiger partial charge is 0.326 e. The first kappa shape index (κ1) is 20.4. The van der Waals surface area contributed by atoms with E-state index in [1.165, 1.54) is 94.7 Å². The monoisotopic (exact) mass is 348 g/mol. The Morgan fingerprint density at radius 2 is 1.00 bits per heavy atom. The molecule has 0 aliphatic rings. The lowest BCUT2D eigenvalue weighted by atomic mass is 10.1. The van der Waals surface area contributed by atoms with Gasteiger partial charge in [-0.2, -0.15) is 0 Å². The van der Waals surface area contributed by atoms with Crippen molar-refractivity contribution in [2.75, 3.05) is 32.0 Å². The summed E-state index contributed by atoms with van der Waals surface area (Å²) in [4.78, 5) is 0. The van der Waals surface area contributed by atoms with E-state index in [-0.39, 0.29) is 0 Å². The smallest absolute Gasteiger partial charge is 0.0792 e. The zero-order valence-electron chi connectivity index (χ0n) is 14.4. The second kappa shape index (κ2) is 14.4. The number of halogens is 1. The third-order valence-corrected chi connectivity index (χ3v) is 5.00. The minimum absolute atomic E-state index is 1.16. The Morgan fingerprint density at radius 1 is 0.600 bits per heavy atom. The molecular weight excluding hydrogens is 310 g/mol. The highest BCUT2D eigenvalue weighted by molar-refractivity contribution is 9.09. The fourth-order valence-electron chi connectivity index (χ4n) is 2.97. The molecule has 0 aromatic heterocycles. The molecule has 0 rings (SSSR count). The Balaban J connectivity index is 3.88. The van der Waals surface area contributed by atoms with Gasteiger partial charge in [-0.25, -0.2) is 0 Å². The molecule has 0 saturated carbocycles. The summed E-state index contributed by atoms with van der Waals surface area (Å²) in [5.74, 6) is 0. The Hall–Kier alpha value is 0.440. The second-order valence-corrected chi connectivity index (χ2v) is 7.45. The van der Waals surface area contributed by atoms with Crippen LogP contribution >= 0.6 is 15.9 Å². The molecule has 0 heterocycles. The van der Waals surface area contributed by atoms with E-state index in [0.29, 0.717) is 0 Å². The third-order valence-electron chi connectivity index (χ3n) is 4.43. The molecule has 0 spiro atoms. The van der Waals surface area contributed by atoms with E-state index in [1.54, 1.807) is 0 Å². The van der Waals surface area contributed by atoms with Crippen LogP contribution in [0.1, 0.15) is 84.5 Å². The summed E-state index contributed by atoms with van der Waals surface area (Å²) in [6, 6.07) is 0. The minimum Gasteiger partial charge on any atom is -0.326 e. The Labute approximate surface area is 137 Å². The second-order valence-electron chi connectivity index (χ2n) is 6.66. The van der Waals surface area contributed by atoms with Gasteiger partial charge in [0.05, 0.1) is 26.7 Å². The highest BCUT2D eigenvalue weighted by Crippen LogP contribution is 2.14. The molecule has 0 aromatic rings. The standard InChI is InChI=1S/C18H39BrN/c1-4-6-8-10-12-16-20(3,18-14-15-19)17-13-11-9-7-5-2/h4-18H2,1-3H3/q+1. The average Bonchev–Trinajstić information content (AvgIpc) is 2.45. The Kier molecular flexibility index (Phi) is 14.7. The molecule has 122 valence electrons. The van der Waals surface area contributed by atoms with Crippen molar-refractivity contribution in [2.45, 2.75) is 84.5 Å². The fraction of sp³-hybridized carbons (Fsp3) is 1.00. The minimum atomic E-state index is 1.16. The molecule has 0 atom stereocenters. The Bertz CT molecular complexity index is 180. The van der Waals surface area contributed by atoms with E-state index < -0.39 is 0 Å². The molecule has 0 N–H and O–H groups in total. The highest BCUT2D eigenvalue weighted by Gasteiger charge is 2.19. The van der Waals surface area contributed by atoms with E-state index in [0.717, 1.165) is 5.33 Å². The van der Waals surface area contributed by atoms with Crippen LogP contribution in [0.25, 0.3) is 0 Å². The fourth-order valence-corrected chi connectivity index (χ4v) is 3.22. The number of rotatable bonds is 15. The molecule has 0 amide bonds. The number of hydrogen-bond acceptors (Lipinski definition) is 0. The van der Waals surface area contributed by atoms with Crippen molar-refractivity contribution in [3.8, 4) is 0 Å². The van der Waals surface area contributed by atoms with Crippen molar-refractivity contribution in [3.05, 3.63) is 0 Å². The number of nitrogens with zero attached hydrogens (tertiary/aromatic N) is 1. The maximum absolute atomic E-state index is 3.60. The van der Waals surface area contributed by atoms with Crippen LogP contribution in [0.3, 0.4) is 0 Å². The molecule has 1 nitrogen and oxygen atoms in total. The highest BCUT2D eigenvalue weighted by atomic mass is 79.9. The van der Waals surface area contributed by atoms with Crippen molar-refractivity contribution in [3.63, 3.8) is 0 Å². The zero-order valence-corrected chi connectivity index (χ0v) is 16.0. The molecule has 0 saturated heterocycles. The molecule has 0 unspecified atom stereocenters. The molecule has 0 bridgehead atoms. The summed E-state index contributed by atoms with van der Waals surface area (Å²) >= 11 is 3.60. The first-order valence-corrected chi connectivity index (χ1v) is 10.2. The van der Waals surface area contributed by atoms with Crippen molar-refractivity contribution in [1.82, 2.24) is 0 Å². The van der Waals surface area contributed by atoms with Gasteiger partial charge in [0.15, 0.2) is 0 Å². The summed E-state index contributed by atoms with van der Waals surface area (Å²) < 4.78 is 1.31. The van der Waals surface area contributed by atoms with Crippen molar-refractivity contribution >= 4 is 15.9 Å². The number of unbranched alkanes of at least 4 members (excludes halogenated alkanes) is 8. The van der Waals surface area contributed by atoms with Gasteiger partial charge < -0.3 is 4.48 Å². The third kappa shape index (κ3) is 12.2. The van der Waals surface area contributed by atoms with Crippen LogP contribution in [0.2, 0.25) is 0 Å². The maximum atomic E-state index is 3.60. The van der Waals surface area contributed by atoms with Crippen molar-refractivity contribution < 1.29 is 4.48 Å². The van der Waals surface area contributed by atoms with E-state index in [9.17, 15) is 0 Å². The van der Waals surface area contributed by atoms with Crippen LogP contribution in [0.15, 0.2) is 0 Å². The number of hydrogen-bond donors (Lipinski definition) is 0. The zero-order chi connectivity index (χ0) is 15.1. The van der Waals surface area contributed by atoms with Gasteiger partial charge in [0, 0.05) is 11.8 Å². The van der Waals surface area contributed by atoms with E-state index >= 15 is 0 Å². The van der Waals surface area contributed by atoms with Gasteiger partial charge in [-0.05, 0) is 25.7 Å². The lowest BCUT2D eigenvalue weighted by Gasteiger charge is -2.35. The van der Waals surface area contributed by atoms with Gasteiger partial charge >= 0.3 is 0 Å². The summed E-state index contributed by atoms with van der Waals surface area (Å²) in [5, 5.41) is 1.16. The molecule has 2 heteroatoms. The van der Waals surface area contributed by atoms with E-state index in [4.69, 9.17) is 0 Å². The van der Waals surface area contributed by atoms with Crippen molar-refractivity contribution in [2.24, 2.45) is 0 Å². The summed E-state index contributed by atoms with van der Waals surface area (Å²) in [7, 11) is 2.49. The van der Waals surface area contributed by atoms with Crippen LogP contribution in [0.5, 0.6) is 0 Å². The first-order valence-electron chi connectivity index (χ1n) is 9.08. The van der Waals surface area contributed by atoms with E-state index in [1.807, 2.05) is 0 Å². The number of quaternary nitrogens is 1. The quantitative estimate of drug-likeness (QED) is 0.189. The number of alkyl halides is 1. The normalized spacial score (nSPS) is 12.0. The predicted molar refractivity (Wildman–Crippen MR) is 96.7 cm³/mol. The summed E-state index contributed by atoms with van der Waals surface area (Å²) in [5.41, 5.74) is 0. The molecule has 0 aromatic carbocycles. The van der Waals surface area contributed by atoms with Gasteiger partial charge in [0.25, 0.3) is 0 Å². The first-order chi connectivity index (χ1) is 9.68. The average molecular weight is 349 g/mol. The molecular formula is C18H39BrN+. The van der Waals surface area contributed by atoms with Gasteiger partial charge in [-0.1, -0.05) is 68.3 Å². The van der Waals surface area contributed by atoms with Gasteiger partial charge in [-0.3, -0.25) is 0 Å². The lowest BCUT2D eigenvalue weighted by molar-refractivity contribution is -0.910. The van der Waals surface area contributed by atoms with Crippen LogP contribution in [-0.2, 0) is 0 Å². The maximum Gasteiger partial charge on any atom is 0.0792 e. The SMILES string of the molecule is CCCCCCC[N+](C)(CCCBr)CCCCCCC. The van der Waals surface area contributed by atoms with Crippen LogP contribution < -0.4 is 0 Å². The topological polar surface area (TPSA) is 0 Å².